The highest BCUT2D eigenvalue weighted by Gasteiger charge is 2.20. The molecule has 136 valence electrons. The summed E-state index contributed by atoms with van der Waals surface area (Å²) >= 11 is 0. The number of halogens is 1. The Kier molecular flexibility index (Phi) is 7.60. The van der Waals surface area contributed by atoms with Gasteiger partial charge in [-0.25, -0.2) is 0 Å². The summed E-state index contributed by atoms with van der Waals surface area (Å²) < 4.78 is 6.08. The standard InChI is InChI=1S/C21H27NO2.ClH/c1-22-14-5-8-19(22)13-15-24-21-10-3-2-7-18(21)12-11-17-6-4-9-20(23)16-17;/h2-4,6-7,9-10,16,19,23H,5,8,11-15H2,1H3;1H. The second-order valence-corrected chi connectivity index (χ2v) is 6.69. The summed E-state index contributed by atoms with van der Waals surface area (Å²) in [6.45, 7) is 1.99. The van der Waals surface area contributed by atoms with E-state index < -0.39 is 0 Å². The zero-order valence-corrected chi connectivity index (χ0v) is 15.7. The average Bonchev–Trinajstić information content (AvgIpc) is 2.99. The molecule has 25 heavy (non-hydrogen) atoms. The quantitative estimate of drug-likeness (QED) is 0.790. The van der Waals surface area contributed by atoms with Crippen LogP contribution in [0.15, 0.2) is 48.5 Å². The van der Waals surface area contributed by atoms with Gasteiger partial charge in [0, 0.05) is 6.04 Å². The molecule has 1 unspecified atom stereocenters. The molecule has 0 spiro atoms. The first-order valence-corrected chi connectivity index (χ1v) is 8.91. The third-order valence-electron chi connectivity index (χ3n) is 4.95. The smallest absolute Gasteiger partial charge is 0.122 e. The molecule has 0 radical (unpaired) electrons. The maximum absolute atomic E-state index is 9.58. The van der Waals surface area contributed by atoms with Crippen molar-refractivity contribution < 1.29 is 9.84 Å². The molecule has 2 aromatic rings. The molecule has 0 aliphatic carbocycles. The fourth-order valence-electron chi connectivity index (χ4n) is 3.49. The van der Waals surface area contributed by atoms with Crippen LogP contribution in [0.4, 0.5) is 0 Å². The molecule has 3 nitrogen and oxygen atoms in total. The zero-order chi connectivity index (χ0) is 16.8. The van der Waals surface area contributed by atoms with Crippen LogP contribution in [0, 0.1) is 0 Å². The van der Waals surface area contributed by atoms with Crippen molar-refractivity contribution in [3.63, 3.8) is 0 Å². The maximum Gasteiger partial charge on any atom is 0.122 e. The molecule has 1 heterocycles. The number of para-hydroxylation sites is 1. The molecule has 1 aliphatic rings. The van der Waals surface area contributed by atoms with Crippen LogP contribution < -0.4 is 4.74 Å². The molecule has 2 aromatic carbocycles. The number of hydrogen-bond acceptors (Lipinski definition) is 3. The van der Waals surface area contributed by atoms with E-state index >= 15 is 0 Å². The van der Waals surface area contributed by atoms with Crippen molar-refractivity contribution >= 4 is 12.4 Å². The molecule has 1 saturated heterocycles. The lowest BCUT2D eigenvalue weighted by molar-refractivity contribution is 0.232. The lowest BCUT2D eigenvalue weighted by Gasteiger charge is -2.20. The molecule has 0 amide bonds. The number of nitrogens with zero attached hydrogens (tertiary/aromatic N) is 1. The number of phenolic OH excluding ortho intramolecular Hbond substituents is 1. The molecule has 1 fully saturated rings. The monoisotopic (exact) mass is 361 g/mol. The Hall–Kier alpha value is -1.71. The van der Waals surface area contributed by atoms with E-state index in [1.807, 2.05) is 18.2 Å². The van der Waals surface area contributed by atoms with E-state index in [9.17, 15) is 5.11 Å². The molecule has 1 aliphatic heterocycles. The van der Waals surface area contributed by atoms with Crippen LogP contribution in [0.1, 0.15) is 30.4 Å². The number of aryl methyl sites for hydroxylation is 2. The summed E-state index contributed by atoms with van der Waals surface area (Å²) in [7, 11) is 2.21. The van der Waals surface area contributed by atoms with Crippen molar-refractivity contribution in [2.45, 2.75) is 38.1 Å². The Morgan fingerprint density at radius 2 is 1.96 bits per heavy atom. The molecule has 1 N–H and O–H groups in total. The SMILES string of the molecule is CN1CCCC1CCOc1ccccc1CCc1cccc(O)c1.Cl. The van der Waals surface area contributed by atoms with Gasteiger partial charge < -0.3 is 14.7 Å². The second-order valence-electron chi connectivity index (χ2n) is 6.69. The van der Waals surface area contributed by atoms with Crippen LogP contribution >= 0.6 is 12.4 Å². The van der Waals surface area contributed by atoms with E-state index in [-0.39, 0.29) is 12.4 Å². The molecule has 1 atom stereocenters. The van der Waals surface area contributed by atoms with Gasteiger partial charge in [0.1, 0.15) is 11.5 Å². The minimum Gasteiger partial charge on any atom is -0.508 e. The van der Waals surface area contributed by atoms with Gasteiger partial charge in [0.05, 0.1) is 6.61 Å². The zero-order valence-electron chi connectivity index (χ0n) is 14.9. The van der Waals surface area contributed by atoms with Crippen molar-refractivity contribution in [3.8, 4) is 11.5 Å². The third-order valence-corrected chi connectivity index (χ3v) is 4.95. The maximum atomic E-state index is 9.58. The van der Waals surface area contributed by atoms with E-state index in [1.54, 1.807) is 6.07 Å². The summed E-state index contributed by atoms with van der Waals surface area (Å²) in [5.41, 5.74) is 2.39. The predicted molar refractivity (Wildman–Crippen MR) is 105 cm³/mol. The van der Waals surface area contributed by atoms with E-state index in [2.05, 4.69) is 36.2 Å². The van der Waals surface area contributed by atoms with Crippen molar-refractivity contribution in [2.75, 3.05) is 20.2 Å². The van der Waals surface area contributed by atoms with E-state index in [0.717, 1.165) is 37.2 Å². The Balaban J connectivity index is 0.00000225. The molecule has 3 rings (SSSR count). The molecule has 0 saturated carbocycles. The van der Waals surface area contributed by atoms with Gasteiger partial charge in [0.15, 0.2) is 0 Å². The Morgan fingerprint density at radius 3 is 2.72 bits per heavy atom. The first-order valence-electron chi connectivity index (χ1n) is 8.91. The number of likely N-dealkylation sites (tertiary alicyclic amines) is 1. The Morgan fingerprint density at radius 1 is 1.12 bits per heavy atom. The minimum atomic E-state index is 0. The van der Waals surface area contributed by atoms with Gasteiger partial charge in [-0.2, -0.15) is 0 Å². The Labute approximate surface area is 157 Å². The van der Waals surface area contributed by atoms with Crippen LogP contribution in [-0.2, 0) is 12.8 Å². The molecule has 4 heteroatoms. The predicted octanol–water partition coefficient (Wildman–Crippen LogP) is 4.46. The summed E-state index contributed by atoms with van der Waals surface area (Å²) in [4.78, 5) is 2.44. The fraction of sp³-hybridized carbons (Fsp3) is 0.429. The minimum absolute atomic E-state index is 0. The van der Waals surface area contributed by atoms with Gasteiger partial charge in [-0.15, -0.1) is 12.4 Å². The van der Waals surface area contributed by atoms with Gasteiger partial charge >= 0.3 is 0 Å². The van der Waals surface area contributed by atoms with Crippen LogP contribution in [-0.4, -0.2) is 36.2 Å². The molecular formula is C21H28ClNO2. The first-order chi connectivity index (χ1) is 11.7. The lowest BCUT2D eigenvalue weighted by Crippen LogP contribution is -2.26. The number of ether oxygens (including phenoxy) is 1. The highest BCUT2D eigenvalue weighted by Crippen LogP contribution is 2.23. The van der Waals surface area contributed by atoms with Crippen LogP contribution in [0.3, 0.4) is 0 Å². The van der Waals surface area contributed by atoms with Crippen molar-refractivity contribution in [2.24, 2.45) is 0 Å². The van der Waals surface area contributed by atoms with E-state index in [1.165, 1.54) is 24.9 Å². The largest absolute Gasteiger partial charge is 0.508 e. The highest BCUT2D eigenvalue weighted by molar-refractivity contribution is 5.85. The van der Waals surface area contributed by atoms with Crippen LogP contribution in [0.25, 0.3) is 0 Å². The number of phenols is 1. The van der Waals surface area contributed by atoms with Gasteiger partial charge in [0.25, 0.3) is 0 Å². The number of benzene rings is 2. The van der Waals surface area contributed by atoms with Crippen molar-refractivity contribution in [1.29, 1.82) is 0 Å². The van der Waals surface area contributed by atoms with Crippen LogP contribution in [0.2, 0.25) is 0 Å². The summed E-state index contributed by atoms with van der Waals surface area (Å²) in [6, 6.07) is 16.5. The topological polar surface area (TPSA) is 32.7 Å². The molecular weight excluding hydrogens is 334 g/mol. The van der Waals surface area contributed by atoms with Gasteiger partial charge in [-0.1, -0.05) is 30.3 Å². The van der Waals surface area contributed by atoms with Gasteiger partial charge in [-0.05, 0) is 75.0 Å². The number of hydrogen-bond donors (Lipinski definition) is 1. The summed E-state index contributed by atoms with van der Waals surface area (Å²) in [5, 5.41) is 9.58. The van der Waals surface area contributed by atoms with E-state index in [4.69, 9.17) is 4.74 Å². The molecule has 0 bridgehead atoms. The van der Waals surface area contributed by atoms with Crippen LogP contribution in [0.5, 0.6) is 11.5 Å². The van der Waals surface area contributed by atoms with Gasteiger partial charge in [-0.3, -0.25) is 0 Å². The molecule has 0 aromatic heterocycles. The normalized spacial score (nSPS) is 17.2. The summed E-state index contributed by atoms with van der Waals surface area (Å²) in [5.74, 6) is 1.33. The Bertz CT molecular complexity index is 662. The van der Waals surface area contributed by atoms with E-state index in [0.29, 0.717) is 11.8 Å². The van der Waals surface area contributed by atoms with Gasteiger partial charge in [0.2, 0.25) is 0 Å². The lowest BCUT2D eigenvalue weighted by atomic mass is 10.0. The van der Waals surface area contributed by atoms with Crippen molar-refractivity contribution in [3.05, 3.63) is 59.7 Å². The first kappa shape index (κ1) is 19.6. The second kappa shape index (κ2) is 9.69. The number of aromatic hydroxyl groups is 1. The number of rotatable bonds is 7. The fourth-order valence-corrected chi connectivity index (χ4v) is 3.49. The third kappa shape index (κ3) is 5.65. The highest BCUT2D eigenvalue weighted by atomic mass is 35.5. The summed E-state index contributed by atoms with van der Waals surface area (Å²) in [6.07, 6.45) is 5.52. The van der Waals surface area contributed by atoms with Crippen molar-refractivity contribution in [1.82, 2.24) is 4.90 Å². The average molecular weight is 362 g/mol.